The van der Waals surface area contributed by atoms with Crippen LogP contribution in [0.5, 0.6) is 0 Å². The fourth-order valence-corrected chi connectivity index (χ4v) is 1.48. The molecule has 0 atom stereocenters. The second-order valence-corrected chi connectivity index (χ2v) is 4.18. The first-order valence-electron chi connectivity index (χ1n) is 5.90. The lowest BCUT2D eigenvalue weighted by Crippen LogP contribution is -2.21. The van der Waals surface area contributed by atoms with Crippen LogP contribution in [0.4, 0.5) is 5.69 Å². The monoisotopic (exact) mass is 261 g/mol. The molecule has 0 unspecified atom stereocenters. The van der Waals surface area contributed by atoms with Crippen molar-refractivity contribution in [2.45, 2.75) is 20.0 Å². The molecule has 2 aromatic rings. The van der Waals surface area contributed by atoms with Gasteiger partial charge in [0.1, 0.15) is 12.9 Å². The summed E-state index contributed by atoms with van der Waals surface area (Å²) in [5.41, 5.74) is 1.33. The van der Waals surface area contributed by atoms with E-state index in [1.165, 1.54) is 11.0 Å². The summed E-state index contributed by atoms with van der Waals surface area (Å²) >= 11 is 0. The van der Waals surface area contributed by atoms with E-state index in [1.54, 1.807) is 6.07 Å². The van der Waals surface area contributed by atoms with E-state index in [2.05, 4.69) is 20.8 Å². The zero-order chi connectivity index (χ0) is 13.7. The van der Waals surface area contributed by atoms with Gasteiger partial charge in [0.15, 0.2) is 0 Å². The molecule has 1 heterocycles. The first-order valence-corrected chi connectivity index (χ1v) is 5.90. The average Bonchev–Trinajstić information content (AvgIpc) is 2.91. The summed E-state index contributed by atoms with van der Waals surface area (Å²) in [6, 6.07) is 7.27. The first kappa shape index (κ1) is 13.2. The lowest BCUT2D eigenvalue weighted by atomic mass is 10.2. The van der Waals surface area contributed by atoms with Gasteiger partial charge in [-0.25, -0.2) is 0 Å². The molecule has 1 aromatic carbocycles. The van der Waals surface area contributed by atoms with Crippen LogP contribution in [0.25, 0.3) is 5.69 Å². The normalized spacial score (nSPS) is 10.7. The summed E-state index contributed by atoms with van der Waals surface area (Å²) < 4.78 is 6.73. The van der Waals surface area contributed by atoms with Crippen molar-refractivity contribution < 1.29 is 9.53 Å². The van der Waals surface area contributed by atoms with Crippen LogP contribution in [0.15, 0.2) is 30.6 Å². The Morgan fingerprint density at radius 3 is 2.89 bits per heavy atom. The summed E-state index contributed by atoms with van der Waals surface area (Å²) in [4.78, 5) is 11.7. The van der Waals surface area contributed by atoms with Crippen LogP contribution in [0.3, 0.4) is 0 Å². The second-order valence-electron chi connectivity index (χ2n) is 4.18. The van der Waals surface area contributed by atoms with Gasteiger partial charge >= 0.3 is 0 Å². The number of carbonyl (C=O) groups excluding carboxylic acids is 1. The molecular formula is C12H15N5O2. The molecular weight excluding hydrogens is 246 g/mol. The van der Waals surface area contributed by atoms with Crippen LogP contribution in [-0.2, 0) is 9.53 Å². The van der Waals surface area contributed by atoms with Gasteiger partial charge in [-0.15, -0.1) is 5.10 Å². The predicted octanol–water partition coefficient (Wildman–Crippen LogP) is 1.03. The van der Waals surface area contributed by atoms with Crippen LogP contribution >= 0.6 is 0 Å². The van der Waals surface area contributed by atoms with Gasteiger partial charge in [0.05, 0.1) is 17.5 Å². The average molecular weight is 261 g/mol. The molecule has 2 rings (SSSR count). The van der Waals surface area contributed by atoms with Crippen molar-refractivity contribution >= 4 is 11.6 Å². The van der Waals surface area contributed by atoms with Crippen molar-refractivity contribution in [2.75, 3.05) is 11.9 Å². The molecule has 1 amide bonds. The highest BCUT2D eigenvalue weighted by Gasteiger charge is 2.09. The number of rotatable bonds is 5. The molecule has 0 aliphatic heterocycles. The number of benzene rings is 1. The molecule has 19 heavy (non-hydrogen) atoms. The Kier molecular flexibility index (Phi) is 4.19. The van der Waals surface area contributed by atoms with E-state index in [0.29, 0.717) is 11.4 Å². The summed E-state index contributed by atoms with van der Waals surface area (Å²) in [6.07, 6.45) is 1.48. The van der Waals surface area contributed by atoms with Crippen LogP contribution in [0.2, 0.25) is 0 Å². The lowest BCUT2D eigenvalue weighted by molar-refractivity contribution is -0.121. The molecule has 100 valence electrons. The largest absolute Gasteiger partial charge is 0.369 e. The Bertz CT molecular complexity index is 539. The molecule has 0 saturated carbocycles. The van der Waals surface area contributed by atoms with Crippen molar-refractivity contribution in [2.24, 2.45) is 0 Å². The van der Waals surface area contributed by atoms with Crippen molar-refractivity contribution in [1.29, 1.82) is 0 Å². The van der Waals surface area contributed by atoms with Crippen LogP contribution in [-0.4, -0.2) is 38.8 Å². The minimum absolute atomic E-state index is 0.0144. The zero-order valence-corrected chi connectivity index (χ0v) is 10.8. The maximum atomic E-state index is 11.7. The third kappa shape index (κ3) is 3.59. The van der Waals surface area contributed by atoms with Gasteiger partial charge in [0.25, 0.3) is 0 Å². The number of aromatic nitrogens is 4. The minimum Gasteiger partial charge on any atom is -0.369 e. The van der Waals surface area contributed by atoms with Crippen LogP contribution < -0.4 is 5.32 Å². The van der Waals surface area contributed by atoms with E-state index in [9.17, 15) is 4.79 Å². The maximum absolute atomic E-state index is 11.7. The number of carbonyl (C=O) groups is 1. The van der Waals surface area contributed by atoms with Gasteiger partial charge in [0.2, 0.25) is 5.91 Å². The summed E-state index contributed by atoms with van der Waals surface area (Å²) in [5, 5.41) is 13.7. The summed E-state index contributed by atoms with van der Waals surface area (Å²) in [7, 11) is 0. The Hall–Kier alpha value is -2.28. The molecule has 7 nitrogen and oxygen atoms in total. The van der Waals surface area contributed by atoms with Crippen molar-refractivity contribution in [3.63, 3.8) is 0 Å². The van der Waals surface area contributed by atoms with Crippen molar-refractivity contribution in [3.05, 3.63) is 30.6 Å². The number of hydrogen-bond donors (Lipinski definition) is 1. The number of nitrogens with zero attached hydrogens (tertiary/aromatic N) is 4. The number of tetrazole rings is 1. The first-order chi connectivity index (χ1) is 9.16. The number of para-hydroxylation sites is 2. The van der Waals surface area contributed by atoms with E-state index in [1.807, 2.05) is 32.0 Å². The van der Waals surface area contributed by atoms with E-state index >= 15 is 0 Å². The number of anilines is 1. The highest BCUT2D eigenvalue weighted by molar-refractivity contribution is 5.93. The quantitative estimate of drug-likeness (QED) is 0.869. The van der Waals surface area contributed by atoms with Gasteiger partial charge in [0, 0.05) is 0 Å². The molecule has 0 radical (unpaired) electrons. The van der Waals surface area contributed by atoms with E-state index in [-0.39, 0.29) is 18.6 Å². The molecule has 0 bridgehead atoms. The fraction of sp³-hybridized carbons (Fsp3) is 0.333. The Balaban J connectivity index is 2.10. The highest BCUT2D eigenvalue weighted by Crippen LogP contribution is 2.18. The zero-order valence-electron chi connectivity index (χ0n) is 10.8. The minimum atomic E-state index is -0.214. The molecule has 1 N–H and O–H groups in total. The predicted molar refractivity (Wildman–Crippen MR) is 68.9 cm³/mol. The van der Waals surface area contributed by atoms with E-state index < -0.39 is 0 Å². The van der Waals surface area contributed by atoms with E-state index in [4.69, 9.17) is 4.74 Å². The van der Waals surface area contributed by atoms with E-state index in [0.717, 1.165) is 0 Å². The molecule has 0 saturated heterocycles. The van der Waals surface area contributed by atoms with Gasteiger partial charge in [-0.05, 0) is 36.4 Å². The highest BCUT2D eigenvalue weighted by atomic mass is 16.5. The molecule has 0 aliphatic carbocycles. The van der Waals surface area contributed by atoms with Crippen molar-refractivity contribution in [1.82, 2.24) is 20.2 Å². The van der Waals surface area contributed by atoms with Gasteiger partial charge in [-0.3, -0.25) is 4.79 Å². The maximum Gasteiger partial charge on any atom is 0.250 e. The number of ether oxygens (including phenoxy) is 1. The van der Waals surface area contributed by atoms with Crippen LogP contribution in [0, 0.1) is 0 Å². The molecule has 1 aromatic heterocycles. The van der Waals surface area contributed by atoms with Gasteiger partial charge in [-0.2, -0.15) is 4.68 Å². The topological polar surface area (TPSA) is 81.9 Å². The molecule has 0 spiro atoms. The standard InChI is InChI=1S/C12H15N5O2/c1-9(2)19-7-12(18)14-10-5-3-4-6-11(10)17-8-13-15-16-17/h3-6,8-9H,7H2,1-2H3,(H,14,18). The molecule has 0 aliphatic rings. The number of hydrogen-bond acceptors (Lipinski definition) is 5. The number of nitrogens with one attached hydrogen (secondary N) is 1. The Morgan fingerprint density at radius 1 is 1.42 bits per heavy atom. The SMILES string of the molecule is CC(C)OCC(=O)Nc1ccccc1-n1cnnn1. The van der Waals surface area contributed by atoms with Gasteiger partial charge < -0.3 is 10.1 Å². The Labute approximate surface area is 110 Å². The third-order valence-corrected chi connectivity index (χ3v) is 2.32. The second kappa shape index (κ2) is 6.05. The number of amides is 1. The Morgan fingerprint density at radius 2 is 2.21 bits per heavy atom. The summed E-state index contributed by atoms with van der Waals surface area (Å²) in [6.45, 7) is 3.77. The smallest absolute Gasteiger partial charge is 0.250 e. The third-order valence-electron chi connectivity index (χ3n) is 2.32. The van der Waals surface area contributed by atoms with Crippen molar-refractivity contribution in [3.8, 4) is 5.69 Å². The fourth-order valence-electron chi connectivity index (χ4n) is 1.48. The summed E-state index contributed by atoms with van der Waals surface area (Å²) in [5.74, 6) is -0.214. The molecule has 7 heteroatoms. The van der Waals surface area contributed by atoms with Crippen LogP contribution in [0.1, 0.15) is 13.8 Å². The molecule has 0 fully saturated rings. The lowest BCUT2D eigenvalue weighted by Gasteiger charge is -2.11. The van der Waals surface area contributed by atoms with Gasteiger partial charge in [-0.1, -0.05) is 12.1 Å².